The van der Waals surface area contributed by atoms with Crippen molar-refractivity contribution in [3.8, 4) is 0 Å². The Morgan fingerprint density at radius 3 is 2.40 bits per heavy atom. The molecule has 15 heavy (non-hydrogen) atoms. The van der Waals surface area contributed by atoms with Crippen LogP contribution in [0.3, 0.4) is 0 Å². The zero-order valence-corrected chi connectivity index (χ0v) is 9.75. The molecule has 0 unspecified atom stereocenters. The Hall–Kier alpha value is -1.00. The van der Waals surface area contributed by atoms with Gasteiger partial charge in [0.25, 0.3) is 0 Å². The first kappa shape index (κ1) is 12.1. The van der Waals surface area contributed by atoms with Gasteiger partial charge in [-0.25, -0.2) is 0 Å². The van der Waals surface area contributed by atoms with E-state index in [1.807, 2.05) is 24.3 Å². The minimum atomic E-state index is 0.0571. The number of aliphatic hydroxyl groups is 1. The van der Waals surface area contributed by atoms with Crippen LogP contribution < -0.4 is 0 Å². The summed E-state index contributed by atoms with van der Waals surface area (Å²) in [5.74, 6) is 0.553. The fraction of sp³-hybridized carbons (Fsp3) is 0.364. The van der Waals surface area contributed by atoms with Gasteiger partial charge in [-0.1, -0.05) is 12.1 Å². The second-order valence-electron chi connectivity index (χ2n) is 3.38. The molecule has 4 heteroatoms. The molecule has 0 aromatic heterocycles. The number of aliphatic hydroxyl groups excluding tert-OH is 1. The molecule has 0 heterocycles. The van der Waals surface area contributed by atoms with Gasteiger partial charge in [-0.15, -0.1) is 11.8 Å². The van der Waals surface area contributed by atoms with Crippen LogP contribution in [0.2, 0.25) is 0 Å². The number of nitrogens with zero attached hydrogens (tertiary/aromatic N) is 1. The molecule has 0 aliphatic carbocycles. The zero-order chi connectivity index (χ0) is 11.3. The quantitative estimate of drug-likeness (QED) is 0.787. The van der Waals surface area contributed by atoms with Crippen molar-refractivity contribution in [3.05, 3.63) is 29.8 Å². The molecule has 1 amide bonds. The Labute approximate surface area is 94.1 Å². The lowest BCUT2D eigenvalue weighted by atomic mass is 10.2. The van der Waals surface area contributed by atoms with Gasteiger partial charge in [0.1, 0.15) is 0 Å². The molecule has 82 valence electrons. The molecule has 0 aliphatic rings. The summed E-state index contributed by atoms with van der Waals surface area (Å²) < 4.78 is 0. The first-order valence-corrected chi connectivity index (χ1v) is 5.65. The summed E-state index contributed by atoms with van der Waals surface area (Å²) in [6.07, 6.45) is 0. The summed E-state index contributed by atoms with van der Waals surface area (Å²) in [7, 11) is 3.50. The fourth-order valence-corrected chi connectivity index (χ4v) is 1.84. The lowest BCUT2D eigenvalue weighted by Crippen LogP contribution is -2.23. The number of hydrogen-bond acceptors (Lipinski definition) is 3. The number of carbonyl (C=O) groups is 1. The van der Waals surface area contributed by atoms with Crippen molar-refractivity contribution in [2.45, 2.75) is 11.5 Å². The van der Waals surface area contributed by atoms with Crippen LogP contribution in [-0.2, 0) is 11.4 Å². The lowest BCUT2D eigenvalue weighted by molar-refractivity contribution is -0.125. The van der Waals surface area contributed by atoms with Crippen LogP contribution in [-0.4, -0.2) is 35.8 Å². The van der Waals surface area contributed by atoms with E-state index in [1.54, 1.807) is 19.0 Å². The first-order chi connectivity index (χ1) is 7.13. The molecule has 0 aliphatic heterocycles. The molecule has 0 saturated heterocycles. The van der Waals surface area contributed by atoms with Crippen molar-refractivity contribution in [2.24, 2.45) is 0 Å². The zero-order valence-electron chi connectivity index (χ0n) is 8.93. The highest BCUT2D eigenvalue weighted by Gasteiger charge is 2.04. The van der Waals surface area contributed by atoms with Gasteiger partial charge in [-0.2, -0.15) is 0 Å². The summed E-state index contributed by atoms with van der Waals surface area (Å²) in [5, 5.41) is 8.85. The van der Waals surface area contributed by atoms with Crippen molar-refractivity contribution in [1.29, 1.82) is 0 Å². The summed E-state index contributed by atoms with van der Waals surface area (Å²) in [6, 6.07) is 7.56. The molecule has 0 radical (unpaired) electrons. The van der Waals surface area contributed by atoms with Crippen molar-refractivity contribution in [1.82, 2.24) is 4.90 Å². The van der Waals surface area contributed by atoms with Crippen molar-refractivity contribution < 1.29 is 9.90 Å². The number of hydrogen-bond donors (Lipinski definition) is 1. The molecule has 0 bridgehead atoms. The Kier molecular flexibility index (Phi) is 4.65. The third-order valence-corrected chi connectivity index (χ3v) is 2.96. The van der Waals surface area contributed by atoms with E-state index in [0.29, 0.717) is 5.75 Å². The van der Waals surface area contributed by atoms with Crippen LogP contribution >= 0.6 is 11.8 Å². The molecule has 1 aromatic carbocycles. The maximum Gasteiger partial charge on any atom is 0.232 e. The van der Waals surface area contributed by atoms with Gasteiger partial charge < -0.3 is 10.0 Å². The summed E-state index contributed by atoms with van der Waals surface area (Å²) in [6.45, 7) is 0.0571. The third kappa shape index (κ3) is 3.93. The Morgan fingerprint density at radius 2 is 1.93 bits per heavy atom. The number of rotatable bonds is 4. The molecule has 1 rings (SSSR count). The van der Waals surface area contributed by atoms with Crippen molar-refractivity contribution in [2.75, 3.05) is 19.8 Å². The van der Waals surface area contributed by atoms with E-state index in [2.05, 4.69) is 0 Å². The van der Waals surface area contributed by atoms with Crippen molar-refractivity contribution >= 4 is 17.7 Å². The largest absolute Gasteiger partial charge is 0.392 e. The Balaban J connectivity index is 2.47. The Bertz CT molecular complexity index is 322. The minimum Gasteiger partial charge on any atom is -0.392 e. The maximum absolute atomic E-state index is 11.3. The number of benzene rings is 1. The molecule has 1 aromatic rings. The number of carbonyl (C=O) groups excluding carboxylic acids is 1. The van der Waals surface area contributed by atoms with E-state index < -0.39 is 0 Å². The van der Waals surface area contributed by atoms with Gasteiger partial charge >= 0.3 is 0 Å². The molecular weight excluding hydrogens is 210 g/mol. The summed E-state index contributed by atoms with van der Waals surface area (Å²) >= 11 is 1.50. The van der Waals surface area contributed by atoms with Crippen LogP contribution in [0.1, 0.15) is 5.56 Å². The van der Waals surface area contributed by atoms with E-state index >= 15 is 0 Å². The SMILES string of the molecule is CN(C)C(=O)CSc1ccc(CO)cc1. The fourth-order valence-electron chi connectivity index (χ4n) is 0.965. The van der Waals surface area contributed by atoms with Gasteiger partial charge in [0.15, 0.2) is 0 Å². The van der Waals surface area contributed by atoms with Crippen LogP contribution in [0, 0.1) is 0 Å². The first-order valence-electron chi connectivity index (χ1n) is 4.66. The highest BCUT2D eigenvalue weighted by Crippen LogP contribution is 2.18. The lowest BCUT2D eigenvalue weighted by Gasteiger charge is -2.09. The normalized spacial score (nSPS) is 10.1. The van der Waals surface area contributed by atoms with E-state index in [-0.39, 0.29) is 12.5 Å². The number of amides is 1. The highest BCUT2D eigenvalue weighted by molar-refractivity contribution is 8.00. The van der Waals surface area contributed by atoms with E-state index in [9.17, 15) is 4.79 Å². The minimum absolute atomic E-state index is 0.0571. The summed E-state index contributed by atoms with van der Waals surface area (Å²) in [5.41, 5.74) is 0.887. The van der Waals surface area contributed by atoms with Gasteiger partial charge in [0.05, 0.1) is 12.4 Å². The predicted octanol–water partition coefficient (Wildman–Crippen LogP) is 1.36. The molecular formula is C11H15NO2S. The molecule has 0 atom stereocenters. The molecule has 0 fully saturated rings. The van der Waals surface area contributed by atoms with Crippen LogP contribution in [0.25, 0.3) is 0 Å². The second kappa shape index (κ2) is 5.78. The molecule has 0 saturated carbocycles. The second-order valence-corrected chi connectivity index (χ2v) is 4.43. The van der Waals surface area contributed by atoms with Crippen molar-refractivity contribution in [3.63, 3.8) is 0 Å². The van der Waals surface area contributed by atoms with Gasteiger partial charge in [-0.05, 0) is 17.7 Å². The van der Waals surface area contributed by atoms with Gasteiger partial charge in [0.2, 0.25) is 5.91 Å². The molecule has 0 spiro atoms. The molecule has 3 nitrogen and oxygen atoms in total. The number of thioether (sulfide) groups is 1. The van der Waals surface area contributed by atoms with Crippen LogP contribution in [0.4, 0.5) is 0 Å². The average molecular weight is 225 g/mol. The smallest absolute Gasteiger partial charge is 0.232 e. The van der Waals surface area contributed by atoms with Crippen LogP contribution in [0.15, 0.2) is 29.2 Å². The monoisotopic (exact) mass is 225 g/mol. The third-order valence-electron chi connectivity index (χ3n) is 1.97. The van der Waals surface area contributed by atoms with E-state index in [4.69, 9.17) is 5.11 Å². The standard InChI is InChI=1S/C11H15NO2S/c1-12(2)11(14)8-15-10-5-3-9(7-13)4-6-10/h3-6,13H,7-8H2,1-2H3. The van der Waals surface area contributed by atoms with E-state index in [1.165, 1.54) is 11.8 Å². The van der Waals surface area contributed by atoms with Gasteiger partial charge in [0, 0.05) is 19.0 Å². The van der Waals surface area contributed by atoms with Gasteiger partial charge in [-0.3, -0.25) is 4.79 Å². The predicted molar refractivity (Wildman–Crippen MR) is 61.8 cm³/mol. The average Bonchev–Trinajstić information content (AvgIpc) is 2.26. The van der Waals surface area contributed by atoms with E-state index in [0.717, 1.165) is 10.5 Å². The summed E-state index contributed by atoms with van der Waals surface area (Å²) in [4.78, 5) is 13.9. The topological polar surface area (TPSA) is 40.5 Å². The highest BCUT2D eigenvalue weighted by atomic mass is 32.2. The maximum atomic E-state index is 11.3. The van der Waals surface area contributed by atoms with Crippen LogP contribution in [0.5, 0.6) is 0 Å². The molecule has 1 N–H and O–H groups in total. The Morgan fingerprint density at radius 1 is 1.33 bits per heavy atom.